The summed E-state index contributed by atoms with van der Waals surface area (Å²) in [7, 11) is 0. The van der Waals surface area contributed by atoms with E-state index >= 15 is 0 Å². The first-order valence-electron chi connectivity index (χ1n) is 13.2. The lowest BCUT2D eigenvalue weighted by atomic mass is 9.44. The zero-order chi connectivity index (χ0) is 23.2. The summed E-state index contributed by atoms with van der Waals surface area (Å²) in [5.41, 5.74) is 1.63. The van der Waals surface area contributed by atoms with Crippen LogP contribution in [0.3, 0.4) is 0 Å². The van der Waals surface area contributed by atoms with E-state index in [0.29, 0.717) is 28.7 Å². The Morgan fingerprint density at radius 1 is 1.03 bits per heavy atom. The molecule has 0 N–H and O–H groups in total. The highest BCUT2D eigenvalue weighted by molar-refractivity contribution is 5.90. The number of esters is 1. The maximum Gasteiger partial charge on any atom is 0.338 e. The van der Waals surface area contributed by atoms with E-state index in [4.69, 9.17) is 9.47 Å². The van der Waals surface area contributed by atoms with E-state index < -0.39 is 5.60 Å². The number of aryl methyl sites for hydroxylation is 1. The zero-order valence-electron chi connectivity index (χ0n) is 20.6. The van der Waals surface area contributed by atoms with Gasteiger partial charge in [0.25, 0.3) is 0 Å². The van der Waals surface area contributed by atoms with Crippen LogP contribution in [0.1, 0.15) is 88.1 Å². The maximum atomic E-state index is 12.8. The number of carbonyl (C=O) groups excluding carboxylic acids is 2. The third-order valence-electron chi connectivity index (χ3n) is 11.1. The van der Waals surface area contributed by atoms with Crippen LogP contribution in [0, 0.1) is 41.4 Å². The molecule has 1 aromatic rings. The Morgan fingerprint density at radius 3 is 2.61 bits per heavy atom. The van der Waals surface area contributed by atoms with Crippen molar-refractivity contribution in [2.75, 3.05) is 0 Å². The molecule has 4 nitrogen and oxygen atoms in total. The number of epoxide rings is 1. The second-order valence-corrected chi connectivity index (χ2v) is 12.4. The van der Waals surface area contributed by atoms with E-state index in [1.54, 1.807) is 6.92 Å². The molecule has 1 saturated heterocycles. The van der Waals surface area contributed by atoms with Crippen LogP contribution in [0.5, 0.6) is 0 Å². The molecule has 0 amide bonds. The first-order chi connectivity index (χ1) is 15.7. The van der Waals surface area contributed by atoms with Gasteiger partial charge in [0.15, 0.2) is 11.4 Å². The fraction of sp³-hybridized carbons (Fsp3) is 0.724. The van der Waals surface area contributed by atoms with Crippen molar-refractivity contribution in [1.82, 2.24) is 0 Å². The van der Waals surface area contributed by atoms with Gasteiger partial charge in [-0.15, -0.1) is 0 Å². The topological polar surface area (TPSA) is 55.9 Å². The van der Waals surface area contributed by atoms with Gasteiger partial charge in [-0.05, 0) is 106 Å². The molecule has 6 rings (SSSR count). The quantitative estimate of drug-likeness (QED) is 0.425. The summed E-state index contributed by atoms with van der Waals surface area (Å²) in [4.78, 5) is 25.4. The summed E-state index contributed by atoms with van der Waals surface area (Å²) in [6.45, 7) is 8.65. The van der Waals surface area contributed by atoms with Gasteiger partial charge in [0.05, 0.1) is 11.7 Å². The average molecular weight is 451 g/mol. The highest BCUT2D eigenvalue weighted by Crippen LogP contribution is 2.73. The summed E-state index contributed by atoms with van der Waals surface area (Å²) in [6.07, 6.45) is 9.21. The van der Waals surface area contributed by atoms with Crippen molar-refractivity contribution in [2.45, 2.75) is 96.9 Å². The van der Waals surface area contributed by atoms with Gasteiger partial charge in [-0.3, -0.25) is 4.79 Å². The van der Waals surface area contributed by atoms with Crippen LogP contribution >= 0.6 is 0 Å². The number of fused-ring (bicyclic) bond motifs is 7. The third-order valence-corrected chi connectivity index (χ3v) is 11.1. The highest BCUT2D eigenvalue weighted by atomic mass is 16.6. The molecule has 0 aromatic heterocycles. The summed E-state index contributed by atoms with van der Waals surface area (Å²) in [5, 5.41) is 0. The monoisotopic (exact) mass is 450 g/mol. The smallest absolute Gasteiger partial charge is 0.338 e. The molecule has 33 heavy (non-hydrogen) atoms. The fourth-order valence-corrected chi connectivity index (χ4v) is 9.38. The van der Waals surface area contributed by atoms with E-state index in [2.05, 4.69) is 13.8 Å². The van der Waals surface area contributed by atoms with E-state index in [9.17, 15) is 9.59 Å². The summed E-state index contributed by atoms with van der Waals surface area (Å²) < 4.78 is 12.1. The van der Waals surface area contributed by atoms with Gasteiger partial charge in [-0.25, -0.2) is 4.79 Å². The minimum atomic E-state index is -0.470. The van der Waals surface area contributed by atoms with Crippen molar-refractivity contribution in [3.63, 3.8) is 0 Å². The molecule has 4 heteroatoms. The fourth-order valence-electron chi connectivity index (χ4n) is 9.38. The highest BCUT2D eigenvalue weighted by Gasteiger charge is 2.79. The van der Waals surface area contributed by atoms with E-state index in [0.717, 1.165) is 43.6 Å². The lowest BCUT2D eigenvalue weighted by molar-refractivity contribution is -0.151. The second kappa shape index (κ2) is 7.16. The minimum Gasteiger partial charge on any atom is -0.459 e. The van der Waals surface area contributed by atoms with Crippen molar-refractivity contribution < 1.29 is 19.1 Å². The number of ether oxygens (including phenoxy) is 2. The van der Waals surface area contributed by atoms with Crippen LogP contribution in [0.4, 0.5) is 0 Å². The Labute approximate surface area is 197 Å². The molecule has 0 spiro atoms. The molecule has 5 aliphatic rings. The lowest BCUT2D eigenvalue weighted by Gasteiger charge is -2.61. The van der Waals surface area contributed by atoms with Crippen molar-refractivity contribution in [1.29, 1.82) is 0 Å². The standard InChI is InChI=1S/C29H38O4/c1-17-6-5-7-19(14-17)26(31)32-21-10-12-27(3)20(15-21)8-9-22-23(27)11-13-28(4)24(22)16-25-29(28,33-25)18(2)30/h5-7,14,20-25H,8-13,15-16H2,1-4H3/t20-,21?,22+,23-,24-,25?,27-,28-,29+/m0/s1. The predicted octanol–water partition coefficient (Wildman–Crippen LogP) is 5.90. The van der Waals surface area contributed by atoms with Gasteiger partial charge in [-0.2, -0.15) is 0 Å². The molecule has 5 fully saturated rings. The van der Waals surface area contributed by atoms with Crippen molar-refractivity contribution in [3.05, 3.63) is 35.4 Å². The summed E-state index contributed by atoms with van der Waals surface area (Å²) in [6, 6.07) is 7.71. The average Bonchev–Trinajstić information content (AvgIpc) is 3.46. The number of benzene rings is 1. The van der Waals surface area contributed by atoms with Crippen LogP contribution in [0.15, 0.2) is 24.3 Å². The normalized spacial score (nSPS) is 47.5. The van der Waals surface area contributed by atoms with E-state index in [-0.39, 0.29) is 29.4 Å². The molecule has 0 radical (unpaired) electrons. The van der Waals surface area contributed by atoms with Crippen LogP contribution in [-0.4, -0.2) is 29.6 Å². The second-order valence-electron chi connectivity index (χ2n) is 12.4. The summed E-state index contributed by atoms with van der Waals surface area (Å²) in [5.74, 6) is 2.77. The molecule has 4 aliphatic carbocycles. The Balaban J connectivity index is 1.17. The minimum absolute atomic E-state index is 0.0222. The van der Waals surface area contributed by atoms with Crippen LogP contribution < -0.4 is 0 Å². The third kappa shape index (κ3) is 2.92. The van der Waals surface area contributed by atoms with Crippen molar-refractivity contribution in [2.24, 2.45) is 34.5 Å². The number of carbonyl (C=O) groups is 2. The number of hydrogen-bond donors (Lipinski definition) is 0. The molecular formula is C29H38O4. The van der Waals surface area contributed by atoms with Crippen LogP contribution in [0.25, 0.3) is 0 Å². The molecule has 2 unspecified atom stereocenters. The van der Waals surface area contributed by atoms with E-state index in [1.165, 1.54) is 19.3 Å². The molecule has 178 valence electrons. The first-order valence-corrected chi connectivity index (χ1v) is 13.2. The molecule has 1 aliphatic heterocycles. The van der Waals surface area contributed by atoms with Gasteiger partial charge in [-0.1, -0.05) is 31.5 Å². The number of rotatable bonds is 3. The predicted molar refractivity (Wildman–Crippen MR) is 126 cm³/mol. The Kier molecular flexibility index (Phi) is 4.74. The number of Topliss-reactive ketones (excluding diaryl/α,β-unsaturated/α-hetero) is 1. The van der Waals surface area contributed by atoms with Crippen LogP contribution in [-0.2, 0) is 14.3 Å². The largest absolute Gasteiger partial charge is 0.459 e. The molecule has 9 atom stereocenters. The lowest BCUT2D eigenvalue weighted by Crippen LogP contribution is -2.56. The molecule has 1 aromatic carbocycles. The number of ketones is 1. The van der Waals surface area contributed by atoms with Crippen molar-refractivity contribution >= 4 is 11.8 Å². The molecule has 0 bridgehead atoms. The van der Waals surface area contributed by atoms with E-state index in [1.807, 2.05) is 31.2 Å². The van der Waals surface area contributed by atoms with Gasteiger partial charge in [0, 0.05) is 5.41 Å². The molecule has 1 heterocycles. The maximum absolute atomic E-state index is 12.8. The van der Waals surface area contributed by atoms with Crippen LogP contribution in [0.2, 0.25) is 0 Å². The van der Waals surface area contributed by atoms with Crippen molar-refractivity contribution in [3.8, 4) is 0 Å². The molecule has 4 saturated carbocycles. The Bertz CT molecular complexity index is 1000. The van der Waals surface area contributed by atoms with Gasteiger partial charge < -0.3 is 9.47 Å². The van der Waals surface area contributed by atoms with Gasteiger partial charge >= 0.3 is 5.97 Å². The van der Waals surface area contributed by atoms with Gasteiger partial charge in [0.1, 0.15) is 6.10 Å². The molecular weight excluding hydrogens is 412 g/mol. The zero-order valence-corrected chi connectivity index (χ0v) is 20.6. The number of hydrogen-bond acceptors (Lipinski definition) is 4. The van der Waals surface area contributed by atoms with Gasteiger partial charge in [0.2, 0.25) is 0 Å². The Hall–Kier alpha value is -1.68. The Morgan fingerprint density at radius 2 is 1.85 bits per heavy atom. The SMILES string of the molecule is CC(=O)[C@@]12OC1C[C@H]1[C@@H]3CC[C@H]4CC(OC(=O)c5cccc(C)c5)CC[C@]4(C)[C@H]3CC[C@@]12C. The first kappa shape index (κ1) is 21.8. The summed E-state index contributed by atoms with van der Waals surface area (Å²) >= 11 is 0.